The minimum absolute atomic E-state index is 0.0539. The number of aromatic nitrogens is 3. The van der Waals surface area contributed by atoms with Gasteiger partial charge in [-0.2, -0.15) is 13.2 Å². The molecule has 0 unspecified atom stereocenters. The summed E-state index contributed by atoms with van der Waals surface area (Å²) in [6.07, 6.45) is -0.122. The fourth-order valence-electron chi connectivity index (χ4n) is 4.91. The number of H-pyrrole nitrogens is 1. The summed E-state index contributed by atoms with van der Waals surface area (Å²) in [5.74, 6) is -2.21. The molecule has 1 saturated carbocycles. The summed E-state index contributed by atoms with van der Waals surface area (Å²) in [6.45, 7) is 6.69. The minimum atomic E-state index is -5.08. The number of benzene rings is 1. The van der Waals surface area contributed by atoms with Gasteiger partial charge in [-0.3, -0.25) is 14.6 Å². The van der Waals surface area contributed by atoms with Gasteiger partial charge in [-0.25, -0.2) is 18.2 Å². The zero-order chi connectivity index (χ0) is 32.7. The topological polar surface area (TPSA) is 154 Å². The summed E-state index contributed by atoms with van der Waals surface area (Å²) in [5.41, 5.74) is 3.95. The van der Waals surface area contributed by atoms with Crippen molar-refractivity contribution in [3.8, 4) is 22.6 Å². The van der Waals surface area contributed by atoms with Crippen LogP contribution < -0.4 is 0 Å². The molecule has 0 saturated heterocycles. The van der Waals surface area contributed by atoms with Crippen molar-refractivity contribution in [3.63, 3.8) is 0 Å². The van der Waals surface area contributed by atoms with Crippen LogP contribution in [0.5, 0.6) is 0 Å². The average molecular weight is 636 g/mol. The highest BCUT2D eigenvalue weighted by atomic mass is 32.2. The number of rotatable bonds is 7. The summed E-state index contributed by atoms with van der Waals surface area (Å²) in [5, 5.41) is 7.12. The highest BCUT2D eigenvalue weighted by Crippen LogP contribution is 2.41. The average Bonchev–Trinajstić information content (AvgIpc) is 3.66. The zero-order valence-electron chi connectivity index (χ0n) is 24.7. The number of hydrogen-bond acceptors (Lipinski definition) is 7. The predicted octanol–water partition coefficient (Wildman–Crippen LogP) is 4.33. The second-order valence-corrected chi connectivity index (χ2v) is 12.9. The highest BCUT2D eigenvalue weighted by molar-refractivity contribution is 7.90. The molecular formula is C29H32F3N5O6S. The number of aromatic amines is 1. The van der Waals surface area contributed by atoms with E-state index in [1.54, 1.807) is 42.1 Å². The number of fused-ring (bicyclic) bond motifs is 1. The van der Waals surface area contributed by atoms with Gasteiger partial charge in [0.1, 0.15) is 11.4 Å². The molecule has 15 heteroatoms. The Labute approximate surface area is 252 Å². The Morgan fingerprint density at radius 1 is 1.20 bits per heavy atom. The molecule has 44 heavy (non-hydrogen) atoms. The lowest BCUT2D eigenvalue weighted by molar-refractivity contribution is -0.192. The SMILES string of the molecule is CCN(C)C(=O)c1nc(-c2cc(-c3cc4c(c(S(C)(=O)=O)c3)C(=O)N([C@@H](C)C3CC3)C4)ccn2)[nH]c1C.O=C(O)C(F)(F)F. The van der Waals surface area contributed by atoms with Crippen molar-refractivity contribution in [2.24, 2.45) is 5.92 Å². The van der Waals surface area contributed by atoms with E-state index in [2.05, 4.69) is 15.0 Å². The smallest absolute Gasteiger partial charge is 0.475 e. The molecule has 2 N–H and O–H groups in total. The third kappa shape index (κ3) is 6.77. The van der Waals surface area contributed by atoms with Gasteiger partial charge in [0.25, 0.3) is 11.8 Å². The van der Waals surface area contributed by atoms with Crippen LogP contribution in [0.2, 0.25) is 0 Å². The number of aryl methyl sites for hydroxylation is 1. The quantitative estimate of drug-likeness (QED) is 0.389. The molecule has 1 aliphatic heterocycles. The lowest BCUT2D eigenvalue weighted by atomic mass is 10.0. The third-order valence-corrected chi connectivity index (χ3v) is 8.80. The molecule has 3 aromatic rings. The second-order valence-electron chi connectivity index (χ2n) is 10.9. The van der Waals surface area contributed by atoms with E-state index < -0.39 is 22.0 Å². The summed E-state index contributed by atoms with van der Waals surface area (Å²) in [6, 6.07) is 7.17. The Hall–Kier alpha value is -4.27. The van der Waals surface area contributed by atoms with Crippen molar-refractivity contribution in [1.82, 2.24) is 24.8 Å². The van der Waals surface area contributed by atoms with Gasteiger partial charge >= 0.3 is 12.1 Å². The molecular weight excluding hydrogens is 603 g/mol. The Morgan fingerprint density at radius 2 is 1.84 bits per heavy atom. The highest BCUT2D eigenvalue weighted by Gasteiger charge is 2.41. The number of alkyl halides is 3. The number of sulfone groups is 1. The van der Waals surface area contributed by atoms with Gasteiger partial charge in [-0.1, -0.05) is 0 Å². The molecule has 3 heterocycles. The molecule has 0 bridgehead atoms. The van der Waals surface area contributed by atoms with Crippen LogP contribution in [0.25, 0.3) is 22.6 Å². The van der Waals surface area contributed by atoms with E-state index >= 15 is 0 Å². The Kier molecular flexibility index (Phi) is 8.92. The number of nitrogens with one attached hydrogen (secondary N) is 1. The number of carbonyl (C=O) groups is 3. The number of hydrogen-bond donors (Lipinski definition) is 2. The minimum Gasteiger partial charge on any atom is -0.475 e. The van der Waals surface area contributed by atoms with Crippen molar-refractivity contribution >= 4 is 27.6 Å². The van der Waals surface area contributed by atoms with E-state index in [9.17, 15) is 31.2 Å². The Morgan fingerprint density at radius 3 is 2.39 bits per heavy atom. The van der Waals surface area contributed by atoms with Crippen molar-refractivity contribution in [2.75, 3.05) is 19.8 Å². The van der Waals surface area contributed by atoms with E-state index in [-0.39, 0.29) is 28.3 Å². The maximum absolute atomic E-state index is 13.3. The summed E-state index contributed by atoms with van der Waals surface area (Å²) in [4.78, 5) is 50.4. The van der Waals surface area contributed by atoms with E-state index in [1.165, 1.54) is 0 Å². The largest absolute Gasteiger partial charge is 0.490 e. The summed E-state index contributed by atoms with van der Waals surface area (Å²) >= 11 is 0. The van der Waals surface area contributed by atoms with Crippen LogP contribution in [0, 0.1) is 12.8 Å². The lowest BCUT2D eigenvalue weighted by Crippen LogP contribution is -2.35. The summed E-state index contributed by atoms with van der Waals surface area (Å²) in [7, 11) is -1.93. The normalized spacial score (nSPS) is 15.4. The molecule has 0 spiro atoms. The van der Waals surface area contributed by atoms with Gasteiger partial charge in [-0.15, -0.1) is 0 Å². The Bertz CT molecular complexity index is 1730. The van der Waals surface area contributed by atoms with E-state index in [0.29, 0.717) is 47.5 Å². The first-order chi connectivity index (χ1) is 20.4. The Balaban J connectivity index is 0.000000566. The number of amides is 2. The number of aliphatic carboxylic acids is 1. The molecule has 2 aliphatic rings. The number of carboxylic acid groups (broad SMARTS) is 1. The lowest BCUT2D eigenvalue weighted by Gasteiger charge is -2.24. The molecule has 0 radical (unpaired) electrons. The standard InChI is InChI=1S/C27H31N5O4S.C2HF3O2/c1-6-31(4)27(34)24-15(2)29-25(30-24)21-12-18(9-10-28-21)19-11-20-14-32(16(3)17-7-8-17)26(33)23(20)22(13-19)37(5,35)36;3-2(4,5)1(6)7/h9-13,16-17H,6-8,14H2,1-5H3,(H,29,30);(H,6,7)/t16-;/m0./s1. The zero-order valence-corrected chi connectivity index (χ0v) is 25.5. The van der Waals surface area contributed by atoms with Gasteiger partial charge in [0, 0.05) is 44.3 Å². The molecule has 2 aromatic heterocycles. The predicted molar refractivity (Wildman–Crippen MR) is 153 cm³/mol. The van der Waals surface area contributed by atoms with Crippen LogP contribution >= 0.6 is 0 Å². The van der Waals surface area contributed by atoms with Crippen molar-refractivity contribution in [1.29, 1.82) is 0 Å². The maximum Gasteiger partial charge on any atom is 0.490 e. The van der Waals surface area contributed by atoms with Crippen molar-refractivity contribution < 1.29 is 41.1 Å². The summed E-state index contributed by atoms with van der Waals surface area (Å²) < 4.78 is 57.3. The van der Waals surface area contributed by atoms with E-state index in [0.717, 1.165) is 30.2 Å². The molecule has 11 nitrogen and oxygen atoms in total. The van der Waals surface area contributed by atoms with Crippen LogP contribution in [0.15, 0.2) is 35.4 Å². The first-order valence-corrected chi connectivity index (χ1v) is 15.6. The number of imidazole rings is 1. The fraction of sp³-hybridized carbons (Fsp3) is 0.414. The van der Waals surface area contributed by atoms with Crippen LogP contribution in [-0.4, -0.2) is 88.1 Å². The van der Waals surface area contributed by atoms with E-state index in [1.807, 2.05) is 26.0 Å². The second kappa shape index (κ2) is 12.0. The first kappa shape index (κ1) is 32.6. The molecule has 1 aliphatic carbocycles. The molecule has 5 rings (SSSR count). The number of carboxylic acids is 1. The van der Waals surface area contributed by atoms with Gasteiger partial charge in [-0.05, 0) is 80.5 Å². The van der Waals surface area contributed by atoms with E-state index in [4.69, 9.17) is 9.90 Å². The van der Waals surface area contributed by atoms with Crippen molar-refractivity contribution in [3.05, 3.63) is 53.0 Å². The molecule has 236 valence electrons. The number of pyridine rings is 1. The van der Waals surface area contributed by atoms with Crippen molar-refractivity contribution in [2.45, 2.75) is 57.3 Å². The molecule has 1 fully saturated rings. The van der Waals surface area contributed by atoms with Gasteiger partial charge in [0.2, 0.25) is 0 Å². The monoisotopic (exact) mass is 635 g/mol. The maximum atomic E-state index is 13.3. The number of nitrogens with zero attached hydrogens (tertiary/aromatic N) is 4. The number of halogens is 3. The van der Waals surface area contributed by atoms with Gasteiger partial charge in [0.05, 0.1) is 10.5 Å². The van der Waals surface area contributed by atoms with Gasteiger partial charge < -0.3 is 19.9 Å². The fourth-order valence-corrected chi connectivity index (χ4v) is 5.84. The van der Waals surface area contributed by atoms with Crippen LogP contribution in [0.4, 0.5) is 13.2 Å². The number of carbonyl (C=O) groups excluding carboxylic acids is 2. The van der Waals surface area contributed by atoms with Gasteiger partial charge in [0.15, 0.2) is 15.7 Å². The molecule has 2 amide bonds. The molecule has 1 aromatic carbocycles. The van der Waals surface area contributed by atoms with Crippen LogP contribution in [0.1, 0.15) is 58.8 Å². The van der Waals surface area contributed by atoms with Crippen LogP contribution in [0.3, 0.4) is 0 Å². The molecule has 1 atom stereocenters. The first-order valence-electron chi connectivity index (χ1n) is 13.7. The third-order valence-electron chi connectivity index (χ3n) is 7.68. The van der Waals surface area contributed by atoms with Crippen LogP contribution in [-0.2, 0) is 21.2 Å².